The lowest BCUT2D eigenvalue weighted by atomic mass is 9.71. The Morgan fingerprint density at radius 2 is 1.90 bits per heavy atom. The van der Waals surface area contributed by atoms with E-state index in [1.807, 2.05) is 6.92 Å². The van der Waals surface area contributed by atoms with Gasteiger partial charge < -0.3 is 16.0 Å². The number of carbonyl (C=O) groups excluding carboxylic acids is 2. The molecule has 0 aromatic carbocycles. The molecule has 5 heteroatoms. The number of nitrogens with two attached hydrogens (primary N) is 1. The summed E-state index contributed by atoms with van der Waals surface area (Å²) in [6.07, 6.45) is 6.02. The molecule has 1 rings (SSSR count). The normalized spacial score (nSPS) is 19.2. The van der Waals surface area contributed by atoms with Crippen molar-refractivity contribution in [3.63, 3.8) is 0 Å². The number of hydrogen-bond acceptors (Lipinski definition) is 3. The molecule has 0 aliphatic heterocycles. The quantitative estimate of drug-likeness (QED) is 0.771. The van der Waals surface area contributed by atoms with Gasteiger partial charge in [0.2, 0.25) is 11.8 Å². The van der Waals surface area contributed by atoms with Gasteiger partial charge in [-0.05, 0) is 38.6 Å². The average molecular weight is 283 g/mol. The molecule has 0 heterocycles. The van der Waals surface area contributed by atoms with Gasteiger partial charge in [-0.3, -0.25) is 9.59 Å². The second-order valence-electron chi connectivity index (χ2n) is 6.08. The van der Waals surface area contributed by atoms with Crippen molar-refractivity contribution < 1.29 is 9.59 Å². The van der Waals surface area contributed by atoms with E-state index in [9.17, 15) is 9.59 Å². The van der Waals surface area contributed by atoms with Crippen LogP contribution >= 0.6 is 0 Å². The van der Waals surface area contributed by atoms with Crippen molar-refractivity contribution in [2.75, 3.05) is 20.1 Å². The van der Waals surface area contributed by atoms with Gasteiger partial charge >= 0.3 is 0 Å². The molecule has 1 fully saturated rings. The number of amides is 2. The first-order valence-electron chi connectivity index (χ1n) is 7.68. The van der Waals surface area contributed by atoms with Gasteiger partial charge in [0.05, 0.1) is 0 Å². The molecule has 3 N–H and O–H groups in total. The van der Waals surface area contributed by atoms with E-state index in [1.54, 1.807) is 18.9 Å². The third-order valence-electron chi connectivity index (χ3n) is 4.48. The monoisotopic (exact) mass is 283 g/mol. The molecule has 1 unspecified atom stereocenters. The Morgan fingerprint density at radius 1 is 1.30 bits per heavy atom. The summed E-state index contributed by atoms with van der Waals surface area (Å²) in [5, 5.41) is 2.82. The van der Waals surface area contributed by atoms with Gasteiger partial charge in [-0.1, -0.05) is 19.3 Å². The molecule has 116 valence electrons. The van der Waals surface area contributed by atoms with Gasteiger partial charge in [0.1, 0.15) is 6.04 Å². The van der Waals surface area contributed by atoms with Crippen molar-refractivity contribution >= 4 is 11.8 Å². The molecule has 20 heavy (non-hydrogen) atoms. The zero-order chi connectivity index (χ0) is 15.2. The van der Waals surface area contributed by atoms with Crippen LogP contribution in [0.1, 0.15) is 52.4 Å². The van der Waals surface area contributed by atoms with Crippen LogP contribution in [0.2, 0.25) is 0 Å². The summed E-state index contributed by atoms with van der Waals surface area (Å²) < 4.78 is 0. The molecule has 0 aromatic heterocycles. The zero-order valence-corrected chi connectivity index (χ0v) is 13.1. The highest BCUT2D eigenvalue weighted by atomic mass is 16.2. The average Bonchev–Trinajstić information content (AvgIpc) is 2.46. The molecule has 0 radical (unpaired) electrons. The molecule has 0 aromatic rings. The van der Waals surface area contributed by atoms with E-state index in [0.29, 0.717) is 19.5 Å². The third kappa shape index (κ3) is 4.47. The van der Waals surface area contributed by atoms with Gasteiger partial charge in [0.25, 0.3) is 0 Å². The van der Waals surface area contributed by atoms with Gasteiger partial charge in [-0.15, -0.1) is 0 Å². The van der Waals surface area contributed by atoms with Crippen molar-refractivity contribution in [2.45, 2.75) is 58.4 Å². The maximum Gasteiger partial charge on any atom is 0.244 e. The zero-order valence-electron chi connectivity index (χ0n) is 13.1. The Bertz CT molecular complexity index is 338. The molecular weight excluding hydrogens is 254 g/mol. The first kappa shape index (κ1) is 17.0. The van der Waals surface area contributed by atoms with Gasteiger partial charge in [0, 0.05) is 20.0 Å². The highest BCUT2D eigenvalue weighted by Crippen LogP contribution is 2.38. The van der Waals surface area contributed by atoms with Crippen molar-refractivity contribution in [3.8, 4) is 0 Å². The molecule has 0 bridgehead atoms. The number of nitrogens with one attached hydrogen (secondary N) is 1. The minimum Gasteiger partial charge on any atom is -0.345 e. The molecule has 1 atom stereocenters. The van der Waals surface area contributed by atoms with Crippen LogP contribution < -0.4 is 11.1 Å². The number of hydrogen-bond donors (Lipinski definition) is 2. The Hall–Kier alpha value is -1.10. The van der Waals surface area contributed by atoms with E-state index in [2.05, 4.69) is 5.32 Å². The molecule has 1 aliphatic carbocycles. The van der Waals surface area contributed by atoms with Crippen LogP contribution in [0.4, 0.5) is 0 Å². The number of likely N-dealkylation sites (N-methyl/N-ethyl adjacent to an activating group) is 1. The molecule has 0 saturated heterocycles. The van der Waals surface area contributed by atoms with E-state index >= 15 is 0 Å². The molecular formula is C15H29N3O2. The lowest BCUT2D eigenvalue weighted by Gasteiger charge is -2.36. The number of nitrogens with zero attached hydrogens (tertiary/aromatic N) is 1. The molecule has 1 saturated carbocycles. The lowest BCUT2D eigenvalue weighted by molar-refractivity contribution is -0.135. The highest BCUT2D eigenvalue weighted by molar-refractivity contribution is 5.87. The molecule has 2 amide bonds. The van der Waals surface area contributed by atoms with Gasteiger partial charge in [-0.2, -0.15) is 0 Å². The van der Waals surface area contributed by atoms with Crippen LogP contribution in [0.25, 0.3) is 0 Å². The van der Waals surface area contributed by atoms with E-state index in [-0.39, 0.29) is 17.2 Å². The second kappa shape index (κ2) is 7.62. The topological polar surface area (TPSA) is 75.4 Å². The van der Waals surface area contributed by atoms with E-state index in [0.717, 1.165) is 25.7 Å². The standard InChI is InChI=1S/C15H29N3O2/c1-4-18(3)14(20)12(2)17-13(19)10-15(11-16)8-6-5-7-9-15/h12H,4-11,16H2,1-3H3,(H,17,19). The summed E-state index contributed by atoms with van der Waals surface area (Å²) in [4.78, 5) is 25.7. The fourth-order valence-corrected chi connectivity index (χ4v) is 2.94. The summed E-state index contributed by atoms with van der Waals surface area (Å²) in [6, 6.07) is -0.467. The maximum absolute atomic E-state index is 12.2. The van der Waals surface area contributed by atoms with Crippen molar-refractivity contribution in [3.05, 3.63) is 0 Å². The van der Waals surface area contributed by atoms with Crippen LogP contribution in [0.15, 0.2) is 0 Å². The molecule has 1 aliphatic rings. The maximum atomic E-state index is 12.2. The predicted octanol–water partition coefficient (Wildman–Crippen LogP) is 1.27. The highest BCUT2D eigenvalue weighted by Gasteiger charge is 2.33. The second-order valence-corrected chi connectivity index (χ2v) is 6.08. The Balaban J connectivity index is 2.51. The number of carbonyl (C=O) groups is 2. The summed E-state index contributed by atoms with van der Waals surface area (Å²) in [5.74, 6) is -0.103. The summed E-state index contributed by atoms with van der Waals surface area (Å²) >= 11 is 0. The summed E-state index contributed by atoms with van der Waals surface area (Å²) in [6.45, 7) is 4.85. The third-order valence-corrected chi connectivity index (χ3v) is 4.48. The molecule has 5 nitrogen and oxygen atoms in total. The first-order valence-corrected chi connectivity index (χ1v) is 7.68. The molecule has 0 spiro atoms. The minimum absolute atomic E-state index is 0.0497. The number of rotatable bonds is 6. The van der Waals surface area contributed by atoms with Crippen LogP contribution in [-0.2, 0) is 9.59 Å². The summed E-state index contributed by atoms with van der Waals surface area (Å²) in [7, 11) is 1.74. The largest absolute Gasteiger partial charge is 0.345 e. The fraction of sp³-hybridized carbons (Fsp3) is 0.867. The Morgan fingerprint density at radius 3 is 2.40 bits per heavy atom. The summed E-state index contributed by atoms with van der Waals surface area (Å²) in [5.41, 5.74) is 5.84. The fourth-order valence-electron chi connectivity index (χ4n) is 2.94. The van der Waals surface area contributed by atoms with Crippen LogP contribution in [0.3, 0.4) is 0 Å². The van der Waals surface area contributed by atoms with Crippen molar-refractivity contribution in [1.82, 2.24) is 10.2 Å². The van der Waals surface area contributed by atoms with Crippen LogP contribution in [-0.4, -0.2) is 42.9 Å². The smallest absolute Gasteiger partial charge is 0.244 e. The van der Waals surface area contributed by atoms with E-state index in [4.69, 9.17) is 5.73 Å². The minimum atomic E-state index is -0.467. The first-order chi connectivity index (χ1) is 9.44. The Labute approximate surface area is 122 Å². The van der Waals surface area contributed by atoms with E-state index < -0.39 is 6.04 Å². The SMILES string of the molecule is CCN(C)C(=O)C(C)NC(=O)CC1(CN)CCCCC1. The predicted molar refractivity (Wildman–Crippen MR) is 80.1 cm³/mol. The van der Waals surface area contributed by atoms with Crippen molar-refractivity contribution in [2.24, 2.45) is 11.1 Å². The van der Waals surface area contributed by atoms with Crippen molar-refractivity contribution in [1.29, 1.82) is 0 Å². The van der Waals surface area contributed by atoms with Gasteiger partial charge in [0.15, 0.2) is 0 Å². The Kier molecular flexibility index (Phi) is 6.46. The van der Waals surface area contributed by atoms with Crippen LogP contribution in [0, 0.1) is 5.41 Å². The van der Waals surface area contributed by atoms with Crippen LogP contribution in [0.5, 0.6) is 0 Å². The lowest BCUT2D eigenvalue weighted by Crippen LogP contribution is -2.47. The van der Waals surface area contributed by atoms with E-state index in [1.165, 1.54) is 6.42 Å². The van der Waals surface area contributed by atoms with Gasteiger partial charge in [-0.25, -0.2) is 0 Å².